The van der Waals surface area contributed by atoms with Crippen molar-refractivity contribution in [3.05, 3.63) is 30.1 Å². The third kappa shape index (κ3) is 4.76. The molecule has 1 aliphatic carbocycles. The SMILES string of the molecule is O=C(CONS(=O)(=O)c1ccc(F)cc1)NC1CCCC1. The number of carbonyl (C=O) groups is 1. The van der Waals surface area contributed by atoms with Crippen LogP contribution >= 0.6 is 0 Å². The molecule has 1 amide bonds. The molecule has 116 valence electrons. The molecule has 0 aliphatic heterocycles. The van der Waals surface area contributed by atoms with Crippen molar-refractivity contribution in [3.63, 3.8) is 0 Å². The highest BCUT2D eigenvalue weighted by Crippen LogP contribution is 2.17. The van der Waals surface area contributed by atoms with Crippen LogP contribution in [0.4, 0.5) is 4.39 Å². The summed E-state index contributed by atoms with van der Waals surface area (Å²) >= 11 is 0. The maximum absolute atomic E-state index is 12.7. The zero-order valence-corrected chi connectivity index (χ0v) is 12.2. The normalized spacial score (nSPS) is 16.0. The summed E-state index contributed by atoms with van der Waals surface area (Å²) in [6.07, 6.45) is 4.05. The maximum Gasteiger partial charge on any atom is 0.262 e. The zero-order valence-electron chi connectivity index (χ0n) is 11.3. The summed E-state index contributed by atoms with van der Waals surface area (Å²) in [5, 5.41) is 2.76. The molecule has 1 aromatic carbocycles. The first-order chi connectivity index (χ1) is 9.97. The molecule has 1 fully saturated rings. The molecule has 0 spiro atoms. The molecule has 8 heteroatoms. The van der Waals surface area contributed by atoms with Crippen LogP contribution in [-0.2, 0) is 19.7 Å². The Bertz CT molecular complexity index is 583. The molecule has 0 radical (unpaired) electrons. The minimum atomic E-state index is -3.92. The van der Waals surface area contributed by atoms with E-state index in [0.29, 0.717) is 0 Å². The number of rotatable bonds is 6. The van der Waals surface area contributed by atoms with E-state index < -0.39 is 22.4 Å². The van der Waals surface area contributed by atoms with Gasteiger partial charge in [-0.3, -0.25) is 9.63 Å². The van der Waals surface area contributed by atoms with Crippen molar-refractivity contribution < 1.29 is 22.4 Å². The van der Waals surface area contributed by atoms with E-state index in [9.17, 15) is 17.6 Å². The molecule has 0 aromatic heterocycles. The molecular weight excluding hydrogens is 299 g/mol. The van der Waals surface area contributed by atoms with E-state index in [1.54, 1.807) is 0 Å². The van der Waals surface area contributed by atoms with Crippen LogP contribution in [0.2, 0.25) is 0 Å². The Balaban J connectivity index is 1.79. The quantitative estimate of drug-likeness (QED) is 0.770. The van der Waals surface area contributed by atoms with E-state index in [2.05, 4.69) is 5.32 Å². The average Bonchev–Trinajstić information content (AvgIpc) is 2.91. The Hall–Kier alpha value is -1.51. The smallest absolute Gasteiger partial charge is 0.262 e. The average molecular weight is 316 g/mol. The summed E-state index contributed by atoms with van der Waals surface area (Å²) in [6.45, 7) is -0.406. The summed E-state index contributed by atoms with van der Waals surface area (Å²) in [5.41, 5.74) is 0. The van der Waals surface area contributed by atoms with Gasteiger partial charge in [0.05, 0.1) is 4.90 Å². The van der Waals surface area contributed by atoms with Gasteiger partial charge in [-0.15, -0.1) is 0 Å². The fourth-order valence-corrected chi connectivity index (χ4v) is 2.98. The number of sulfonamides is 1. The van der Waals surface area contributed by atoms with Crippen molar-refractivity contribution in [3.8, 4) is 0 Å². The highest BCUT2D eigenvalue weighted by molar-refractivity contribution is 7.89. The Morgan fingerprint density at radius 1 is 1.24 bits per heavy atom. The fourth-order valence-electron chi connectivity index (χ4n) is 2.17. The van der Waals surface area contributed by atoms with Crippen LogP contribution in [0.25, 0.3) is 0 Å². The Morgan fingerprint density at radius 2 is 1.86 bits per heavy atom. The number of halogens is 1. The van der Waals surface area contributed by atoms with Crippen molar-refractivity contribution in [1.29, 1.82) is 0 Å². The van der Waals surface area contributed by atoms with Gasteiger partial charge in [-0.25, -0.2) is 12.8 Å². The first kappa shape index (κ1) is 15.9. The van der Waals surface area contributed by atoms with Crippen LogP contribution in [0.3, 0.4) is 0 Å². The van der Waals surface area contributed by atoms with Gasteiger partial charge in [0.15, 0.2) is 0 Å². The maximum atomic E-state index is 12.7. The van der Waals surface area contributed by atoms with Gasteiger partial charge in [-0.2, -0.15) is 0 Å². The van der Waals surface area contributed by atoms with E-state index in [1.165, 1.54) is 0 Å². The van der Waals surface area contributed by atoms with Crippen LogP contribution in [0.5, 0.6) is 0 Å². The Morgan fingerprint density at radius 3 is 2.48 bits per heavy atom. The molecule has 0 bridgehead atoms. The van der Waals surface area contributed by atoms with Crippen LogP contribution in [-0.4, -0.2) is 27.0 Å². The van der Waals surface area contributed by atoms with Crippen molar-refractivity contribution >= 4 is 15.9 Å². The van der Waals surface area contributed by atoms with Crippen molar-refractivity contribution in [2.24, 2.45) is 0 Å². The lowest BCUT2D eigenvalue weighted by Crippen LogP contribution is -2.37. The second-order valence-corrected chi connectivity index (χ2v) is 6.52. The van der Waals surface area contributed by atoms with Gasteiger partial charge in [0, 0.05) is 6.04 Å². The lowest BCUT2D eigenvalue weighted by molar-refractivity contribution is -0.127. The number of hydrogen-bond acceptors (Lipinski definition) is 4. The predicted molar refractivity (Wildman–Crippen MR) is 73.1 cm³/mol. The molecule has 2 rings (SSSR count). The second kappa shape index (κ2) is 6.97. The van der Waals surface area contributed by atoms with Crippen molar-refractivity contribution in [2.75, 3.05) is 6.61 Å². The van der Waals surface area contributed by atoms with E-state index in [-0.39, 0.29) is 16.8 Å². The third-order valence-corrected chi connectivity index (χ3v) is 4.45. The van der Waals surface area contributed by atoms with Crippen LogP contribution in [0.15, 0.2) is 29.2 Å². The van der Waals surface area contributed by atoms with Crippen LogP contribution < -0.4 is 10.2 Å². The molecule has 1 saturated carbocycles. The van der Waals surface area contributed by atoms with E-state index in [4.69, 9.17) is 4.84 Å². The highest BCUT2D eigenvalue weighted by Gasteiger charge is 2.18. The standard InChI is InChI=1S/C13H17FN2O4S/c14-10-5-7-12(8-6-10)21(18,19)16-20-9-13(17)15-11-3-1-2-4-11/h5-8,11,16H,1-4,9H2,(H,15,17). The molecule has 0 atom stereocenters. The molecule has 21 heavy (non-hydrogen) atoms. The van der Waals surface area contributed by atoms with Gasteiger partial charge in [0.1, 0.15) is 12.4 Å². The molecule has 1 aromatic rings. The largest absolute Gasteiger partial charge is 0.351 e. The van der Waals surface area contributed by atoms with Crippen molar-refractivity contribution in [1.82, 2.24) is 10.2 Å². The third-order valence-electron chi connectivity index (χ3n) is 3.22. The fraction of sp³-hybridized carbons (Fsp3) is 0.462. The minimum Gasteiger partial charge on any atom is -0.351 e. The number of benzene rings is 1. The van der Waals surface area contributed by atoms with Gasteiger partial charge < -0.3 is 5.32 Å². The monoisotopic (exact) mass is 316 g/mol. The van der Waals surface area contributed by atoms with E-state index >= 15 is 0 Å². The van der Waals surface area contributed by atoms with Gasteiger partial charge in [0.2, 0.25) is 5.91 Å². The van der Waals surface area contributed by atoms with Gasteiger partial charge in [-0.1, -0.05) is 17.7 Å². The summed E-state index contributed by atoms with van der Waals surface area (Å²) in [5.74, 6) is -0.908. The molecular formula is C13H17FN2O4S. The lowest BCUT2D eigenvalue weighted by Gasteiger charge is -2.12. The summed E-state index contributed by atoms with van der Waals surface area (Å²) in [7, 11) is -3.92. The number of hydrogen-bond donors (Lipinski definition) is 2. The van der Waals surface area contributed by atoms with Crippen LogP contribution in [0.1, 0.15) is 25.7 Å². The van der Waals surface area contributed by atoms with E-state index in [1.807, 2.05) is 4.89 Å². The molecule has 2 N–H and O–H groups in total. The molecule has 6 nitrogen and oxygen atoms in total. The molecule has 0 heterocycles. The highest BCUT2D eigenvalue weighted by atomic mass is 32.2. The summed E-state index contributed by atoms with van der Waals surface area (Å²) in [6, 6.07) is 4.43. The Kier molecular flexibility index (Phi) is 5.27. The molecule has 0 saturated heterocycles. The van der Waals surface area contributed by atoms with Gasteiger partial charge >= 0.3 is 0 Å². The predicted octanol–water partition coefficient (Wildman–Crippen LogP) is 1.09. The first-order valence-electron chi connectivity index (χ1n) is 6.66. The number of nitrogens with one attached hydrogen (secondary N) is 2. The number of amides is 1. The van der Waals surface area contributed by atoms with E-state index in [0.717, 1.165) is 49.9 Å². The van der Waals surface area contributed by atoms with Crippen LogP contribution in [0, 0.1) is 5.82 Å². The lowest BCUT2D eigenvalue weighted by atomic mass is 10.2. The minimum absolute atomic E-state index is 0.139. The second-order valence-electron chi connectivity index (χ2n) is 4.88. The zero-order chi connectivity index (χ0) is 15.3. The van der Waals surface area contributed by atoms with Gasteiger partial charge in [0.25, 0.3) is 10.0 Å². The van der Waals surface area contributed by atoms with Gasteiger partial charge in [-0.05, 0) is 37.1 Å². The summed E-state index contributed by atoms with van der Waals surface area (Å²) in [4.78, 5) is 18.0. The topological polar surface area (TPSA) is 84.5 Å². The summed E-state index contributed by atoms with van der Waals surface area (Å²) < 4.78 is 36.3. The molecule has 1 aliphatic rings. The first-order valence-corrected chi connectivity index (χ1v) is 8.14. The van der Waals surface area contributed by atoms with Crippen molar-refractivity contribution in [2.45, 2.75) is 36.6 Å². The number of carbonyl (C=O) groups excluding carboxylic acids is 1. The molecule has 0 unspecified atom stereocenters. The Labute approximate surface area is 122 Å².